The summed E-state index contributed by atoms with van der Waals surface area (Å²) in [5.41, 5.74) is 2.07. The molecule has 3 rings (SSSR count). The molecule has 1 heterocycles. The summed E-state index contributed by atoms with van der Waals surface area (Å²) in [5.74, 6) is 0.521. The molecule has 7 heteroatoms. The summed E-state index contributed by atoms with van der Waals surface area (Å²) in [6.07, 6.45) is 1.49. The molecule has 0 fully saturated rings. The van der Waals surface area contributed by atoms with E-state index < -0.39 is 0 Å². The molecule has 6 nitrogen and oxygen atoms in total. The number of aromatic hydroxyl groups is 2. The lowest BCUT2D eigenvalue weighted by atomic mass is 10.1. The molecule has 0 unspecified atom stereocenters. The number of rotatable bonds is 3. The van der Waals surface area contributed by atoms with Gasteiger partial charge in [-0.05, 0) is 30.8 Å². The number of aromatic nitrogens is 3. The summed E-state index contributed by atoms with van der Waals surface area (Å²) in [7, 11) is 0. The van der Waals surface area contributed by atoms with Crippen molar-refractivity contribution in [3.05, 3.63) is 58.4 Å². The number of phenols is 2. The number of aryl methyl sites for hydroxylation is 1. The summed E-state index contributed by atoms with van der Waals surface area (Å²) >= 11 is 5.20. The molecule has 0 radical (unpaired) electrons. The van der Waals surface area contributed by atoms with Crippen LogP contribution in [0.2, 0.25) is 0 Å². The van der Waals surface area contributed by atoms with E-state index in [1.54, 1.807) is 13.0 Å². The fourth-order valence-electron chi connectivity index (χ4n) is 2.22. The van der Waals surface area contributed by atoms with Crippen LogP contribution >= 0.6 is 12.2 Å². The highest BCUT2D eigenvalue weighted by atomic mass is 32.1. The zero-order valence-corrected chi connectivity index (χ0v) is 13.1. The summed E-state index contributed by atoms with van der Waals surface area (Å²) in [6.45, 7) is 1.77. The largest absolute Gasteiger partial charge is 0.508 e. The van der Waals surface area contributed by atoms with Crippen LogP contribution in [0.3, 0.4) is 0 Å². The molecule has 0 aliphatic heterocycles. The predicted molar refractivity (Wildman–Crippen MR) is 90.3 cm³/mol. The molecular weight excluding hydrogens is 312 g/mol. The minimum Gasteiger partial charge on any atom is -0.508 e. The maximum atomic E-state index is 9.95. The Morgan fingerprint density at radius 2 is 1.96 bits per heavy atom. The lowest BCUT2D eigenvalue weighted by Crippen LogP contribution is -1.96. The van der Waals surface area contributed by atoms with E-state index >= 15 is 0 Å². The smallest absolute Gasteiger partial charge is 0.216 e. The van der Waals surface area contributed by atoms with E-state index in [0.29, 0.717) is 21.7 Å². The Bertz CT molecular complexity index is 906. The van der Waals surface area contributed by atoms with E-state index in [2.05, 4.69) is 15.3 Å². The van der Waals surface area contributed by atoms with Crippen LogP contribution in [0.25, 0.3) is 11.4 Å². The first kappa shape index (κ1) is 15.0. The Morgan fingerprint density at radius 3 is 2.65 bits per heavy atom. The van der Waals surface area contributed by atoms with Gasteiger partial charge in [0, 0.05) is 17.2 Å². The molecular formula is C16H14N4O2S. The van der Waals surface area contributed by atoms with Crippen molar-refractivity contribution in [3.8, 4) is 22.9 Å². The van der Waals surface area contributed by atoms with Gasteiger partial charge in [0.15, 0.2) is 5.82 Å². The SMILES string of the molecule is Cc1cc(O)cc(O)c1/C=N\n1c(-c2ccccc2)n[nH]c1=S. The summed E-state index contributed by atoms with van der Waals surface area (Å²) in [4.78, 5) is 0. The van der Waals surface area contributed by atoms with E-state index in [1.165, 1.54) is 17.0 Å². The predicted octanol–water partition coefficient (Wildman–Crippen LogP) is 3.21. The second kappa shape index (κ2) is 6.05. The molecule has 23 heavy (non-hydrogen) atoms. The van der Waals surface area contributed by atoms with Crippen LogP contribution in [-0.4, -0.2) is 31.3 Å². The quantitative estimate of drug-likeness (QED) is 0.509. The van der Waals surface area contributed by atoms with Crippen molar-refractivity contribution in [2.75, 3.05) is 0 Å². The van der Waals surface area contributed by atoms with Crippen LogP contribution in [0.15, 0.2) is 47.6 Å². The van der Waals surface area contributed by atoms with Gasteiger partial charge in [0.25, 0.3) is 0 Å². The molecule has 0 bridgehead atoms. The van der Waals surface area contributed by atoms with Crippen LogP contribution in [0.5, 0.6) is 11.5 Å². The highest BCUT2D eigenvalue weighted by molar-refractivity contribution is 7.71. The Labute approximate surface area is 137 Å². The first-order valence-corrected chi connectivity index (χ1v) is 7.27. The minimum atomic E-state index is -0.0532. The van der Waals surface area contributed by atoms with Crippen molar-refractivity contribution >= 4 is 18.4 Å². The number of hydrogen-bond acceptors (Lipinski definition) is 5. The minimum absolute atomic E-state index is 0.00190. The van der Waals surface area contributed by atoms with Crippen molar-refractivity contribution < 1.29 is 10.2 Å². The lowest BCUT2D eigenvalue weighted by molar-refractivity contribution is 0.449. The van der Waals surface area contributed by atoms with E-state index in [9.17, 15) is 10.2 Å². The van der Waals surface area contributed by atoms with Gasteiger partial charge in [-0.25, -0.2) is 5.10 Å². The van der Waals surface area contributed by atoms with Crippen molar-refractivity contribution in [2.45, 2.75) is 6.92 Å². The Kier molecular flexibility index (Phi) is 3.94. The Balaban J connectivity index is 2.05. The molecule has 116 valence electrons. The number of phenolic OH excluding ortho intramolecular Hbond substituents is 2. The zero-order valence-electron chi connectivity index (χ0n) is 12.3. The van der Waals surface area contributed by atoms with E-state index in [0.717, 1.165) is 5.56 Å². The van der Waals surface area contributed by atoms with Crippen molar-refractivity contribution in [1.82, 2.24) is 14.9 Å². The molecule has 0 amide bonds. The first-order chi connectivity index (χ1) is 11.1. The summed E-state index contributed by atoms with van der Waals surface area (Å²) in [5, 5.41) is 30.6. The van der Waals surface area contributed by atoms with Gasteiger partial charge in [0.1, 0.15) is 11.5 Å². The van der Waals surface area contributed by atoms with Crippen molar-refractivity contribution in [2.24, 2.45) is 5.10 Å². The van der Waals surface area contributed by atoms with Crippen LogP contribution < -0.4 is 0 Å². The fourth-order valence-corrected chi connectivity index (χ4v) is 2.40. The second-order valence-electron chi connectivity index (χ2n) is 4.97. The lowest BCUT2D eigenvalue weighted by Gasteiger charge is -2.05. The van der Waals surface area contributed by atoms with Gasteiger partial charge in [0.05, 0.1) is 6.21 Å². The molecule has 3 N–H and O–H groups in total. The number of aromatic amines is 1. The van der Waals surface area contributed by atoms with Gasteiger partial charge in [-0.1, -0.05) is 30.3 Å². The number of H-pyrrole nitrogens is 1. The van der Waals surface area contributed by atoms with Gasteiger partial charge in [-0.3, -0.25) is 0 Å². The monoisotopic (exact) mass is 326 g/mol. The molecule has 0 saturated carbocycles. The molecule has 0 aliphatic rings. The maximum absolute atomic E-state index is 9.95. The van der Waals surface area contributed by atoms with E-state index in [-0.39, 0.29) is 11.5 Å². The van der Waals surface area contributed by atoms with E-state index in [1.807, 2.05) is 30.3 Å². The van der Waals surface area contributed by atoms with Crippen molar-refractivity contribution in [3.63, 3.8) is 0 Å². The summed E-state index contributed by atoms with van der Waals surface area (Å²) in [6, 6.07) is 12.3. The number of benzene rings is 2. The summed E-state index contributed by atoms with van der Waals surface area (Å²) < 4.78 is 1.83. The van der Waals surface area contributed by atoms with Crippen LogP contribution in [-0.2, 0) is 0 Å². The van der Waals surface area contributed by atoms with Crippen molar-refractivity contribution in [1.29, 1.82) is 0 Å². The third-order valence-electron chi connectivity index (χ3n) is 3.33. The molecule has 0 spiro atoms. The number of nitrogens with one attached hydrogen (secondary N) is 1. The van der Waals surface area contributed by atoms with Crippen LogP contribution in [0.1, 0.15) is 11.1 Å². The maximum Gasteiger partial charge on any atom is 0.216 e. The highest BCUT2D eigenvalue weighted by Crippen LogP contribution is 2.25. The fraction of sp³-hybridized carbons (Fsp3) is 0.0625. The van der Waals surface area contributed by atoms with Crippen LogP contribution in [0, 0.1) is 11.7 Å². The van der Waals surface area contributed by atoms with Gasteiger partial charge in [-0.15, -0.1) is 0 Å². The third kappa shape index (κ3) is 3.00. The van der Waals surface area contributed by atoms with Gasteiger partial charge < -0.3 is 10.2 Å². The van der Waals surface area contributed by atoms with Crippen LogP contribution in [0.4, 0.5) is 0 Å². The van der Waals surface area contributed by atoms with Gasteiger partial charge in [0.2, 0.25) is 4.77 Å². The number of hydrogen-bond donors (Lipinski definition) is 3. The standard InChI is InChI=1S/C16H14N4O2S/c1-10-7-12(21)8-14(22)13(10)9-17-20-15(18-19-16(20)23)11-5-3-2-4-6-11/h2-9,21-22H,1H3,(H,19,23)/b17-9-. The average Bonchev–Trinajstić information content (AvgIpc) is 2.88. The Morgan fingerprint density at radius 1 is 1.22 bits per heavy atom. The average molecular weight is 326 g/mol. The molecule has 0 aliphatic carbocycles. The van der Waals surface area contributed by atoms with Gasteiger partial charge >= 0.3 is 0 Å². The highest BCUT2D eigenvalue weighted by Gasteiger charge is 2.09. The van der Waals surface area contributed by atoms with Gasteiger partial charge in [-0.2, -0.15) is 14.9 Å². The normalized spacial score (nSPS) is 11.2. The molecule has 1 aromatic heterocycles. The molecule has 0 atom stereocenters. The Hall–Kier alpha value is -2.93. The molecule has 2 aromatic carbocycles. The zero-order chi connectivity index (χ0) is 16.4. The third-order valence-corrected chi connectivity index (χ3v) is 3.60. The van der Waals surface area contributed by atoms with E-state index in [4.69, 9.17) is 12.2 Å². The number of nitrogens with zero attached hydrogens (tertiary/aromatic N) is 3. The molecule has 3 aromatic rings. The topological polar surface area (TPSA) is 86.4 Å². The second-order valence-corrected chi connectivity index (χ2v) is 5.36. The molecule has 0 saturated heterocycles. The first-order valence-electron chi connectivity index (χ1n) is 6.86.